The van der Waals surface area contributed by atoms with Gasteiger partial charge in [-0.1, -0.05) is 54.6 Å². The number of rotatable bonds is 5. The molecule has 22 heavy (non-hydrogen) atoms. The fraction of sp³-hybridized carbons (Fsp3) is 0.176. The molecule has 0 aliphatic rings. The van der Waals surface area contributed by atoms with E-state index in [4.69, 9.17) is 10.8 Å². The topological polar surface area (TPSA) is 63.3 Å². The highest BCUT2D eigenvalue weighted by atomic mass is 19.3. The Kier molecular flexibility index (Phi) is 4.28. The van der Waals surface area contributed by atoms with Crippen molar-refractivity contribution in [3.05, 3.63) is 67.1 Å². The highest BCUT2D eigenvalue weighted by molar-refractivity contribution is 5.70. The van der Waals surface area contributed by atoms with Gasteiger partial charge in [-0.05, 0) is 16.7 Å². The van der Waals surface area contributed by atoms with Crippen molar-refractivity contribution in [1.29, 1.82) is 0 Å². The molecule has 2 aromatic rings. The van der Waals surface area contributed by atoms with Crippen LogP contribution in [0.1, 0.15) is 12.0 Å². The summed E-state index contributed by atoms with van der Waals surface area (Å²) in [5, 5.41) is 8.87. The van der Waals surface area contributed by atoms with Crippen molar-refractivity contribution >= 4 is 5.97 Å². The van der Waals surface area contributed by atoms with Gasteiger partial charge in [0.25, 0.3) is 5.92 Å². The number of halogens is 2. The van der Waals surface area contributed by atoms with E-state index < -0.39 is 23.9 Å². The molecule has 0 fully saturated rings. The van der Waals surface area contributed by atoms with Crippen LogP contribution >= 0.6 is 0 Å². The van der Waals surface area contributed by atoms with Crippen LogP contribution in [-0.2, 0) is 10.3 Å². The summed E-state index contributed by atoms with van der Waals surface area (Å²) in [6, 6.07) is 15.5. The number of carboxylic acid groups (broad SMARTS) is 1. The first-order valence-corrected chi connectivity index (χ1v) is 6.64. The van der Waals surface area contributed by atoms with E-state index in [-0.39, 0.29) is 5.56 Å². The number of alkyl halides is 2. The fourth-order valence-corrected chi connectivity index (χ4v) is 2.27. The summed E-state index contributed by atoms with van der Waals surface area (Å²) < 4.78 is 27.5. The molecule has 0 amide bonds. The molecule has 5 heteroatoms. The highest BCUT2D eigenvalue weighted by Crippen LogP contribution is 2.38. The van der Waals surface area contributed by atoms with E-state index in [1.54, 1.807) is 12.1 Å². The molecular weight excluding hydrogens is 288 g/mol. The van der Waals surface area contributed by atoms with Gasteiger partial charge in [0.05, 0.1) is 6.42 Å². The molecule has 0 spiro atoms. The third-order valence-corrected chi connectivity index (χ3v) is 3.59. The van der Waals surface area contributed by atoms with E-state index in [9.17, 15) is 13.6 Å². The van der Waals surface area contributed by atoms with Gasteiger partial charge in [-0.15, -0.1) is 0 Å². The second-order valence-corrected chi connectivity index (χ2v) is 5.19. The molecule has 1 radical (unpaired) electrons. The van der Waals surface area contributed by atoms with Gasteiger partial charge >= 0.3 is 5.97 Å². The van der Waals surface area contributed by atoms with Crippen LogP contribution in [0.25, 0.3) is 11.1 Å². The van der Waals surface area contributed by atoms with Gasteiger partial charge in [-0.25, -0.2) is 8.78 Å². The summed E-state index contributed by atoms with van der Waals surface area (Å²) >= 11 is 0. The average Bonchev–Trinajstić information content (AvgIpc) is 2.46. The highest BCUT2D eigenvalue weighted by Gasteiger charge is 2.49. The van der Waals surface area contributed by atoms with Gasteiger partial charge < -0.3 is 10.8 Å². The first-order chi connectivity index (χ1) is 10.2. The molecule has 1 unspecified atom stereocenters. The number of hydrogen-bond acceptors (Lipinski definition) is 2. The molecule has 0 saturated heterocycles. The van der Waals surface area contributed by atoms with Crippen molar-refractivity contribution in [2.45, 2.75) is 17.9 Å². The van der Waals surface area contributed by atoms with Gasteiger partial charge in [0.1, 0.15) is 5.54 Å². The van der Waals surface area contributed by atoms with Crippen LogP contribution in [0, 0.1) is 6.92 Å². The number of carboxylic acids is 1. The zero-order valence-electron chi connectivity index (χ0n) is 11.8. The van der Waals surface area contributed by atoms with Crippen LogP contribution in [0.2, 0.25) is 0 Å². The number of aliphatic carboxylic acids is 1. The van der Waals surface area contributed by atoms with E-state index in [1.807, 2.05) is 30.3 Å². The van der Waals surface area contributed by atoms with E-state index in [1.165, 1.54) is 12.1 Å². The first kappa shape index (κ1) is 16.1. The van der Waals surface area contributed by atoms with Gasteiger partial charge in [0.15, 0.2) is 0 Å². The summed E-state index contributed by atoms with van der Waals surface area (Å²) in [6.45, 7) is 2.73. The van der Waals surface area contributed by atoms with Gasteiger partial charge in [0.2, 0.25) is 0 Å². The molecule has 0 saturated carbocycles. The first-order valence-electron chi connectivity index (χ1n) is 6.64. The second-order valence-electron chi connectivity index (χ2n) is 5.19. The van der Waals surface area contributed by atoms with E-state index in [0.717, 1.165) is 11.1 Å². The maximum atomic E-state index is 13.7. The lowest BCUT2D eigenvalue weighted by atomic mass is 9.81. The summed E-state index contributed by atoms with van der Waals surface area (Å²) in [6.07, 6.45) is -0.909. The van der Waals surface area contributed by atoms with Crippen LogP contribution in [0.3, 0.4) is 0 Å². The van der Waals surface area contributed by atoms with Crippen LogP contribution in [0.5, 0.6) is 0 Å². The van der Waals surface area contributed by atoms with E-state index >= 15 is 0 Å². The Morgan fingerprint density at radius 2 is 1.55 bits per heavy atom. The number of benzene rings is 2. The standard InChI is InChI=1S/C17H16F2NO2/c1-16(18,19)17(20,11-15(21)22)14-9-7-13(8-10-14)12-5-3-2-4-6-12/h2-10H,1,11,20H2,(H,21,22). The van der Waals surface area contributed by atoms with Crippen molar-refractivity contribution < 1.29 is 18.7 Å². The minimum Gasteiger partial charge on any atom is -0.481 e. The van der Waals surface area contributed by atoms with Crippen LogP contribution in [0.4, 0.5) is 8.78 Å². The Labute approximate surface area is 127 Å². The molecule has 1 atom stereocenters. The average molecular weight is 304 g/mol. The summed E-state index contributed by atoms with van der Waals surface area (Å²) in [4.78, 5) is 10.9. The third-order valence-electron chi connectivity index (χ3n) is 3.59. The Hall–Kier alpha value is -2.27. The molecule has 3 nitrogen and oxygen atoms in total. The minimum absolute atomic E-state index is 0.0366. The van der Waals surface area contributed by atoms with E-state index in [0.29, 0.717) is 0 Å². The number of hydrogen-bond donors (Lipinski definition) is 2. The zero-order valence-corrected chi connectivity index (χ0v) is 11.8. The van der Waals surface area contributed by atoms with Crippen molar-refractivity contribution in [2.75, 3.05) is 0 Å². The Balaban J connectivity index is 2.40. The predicted molar refractivity (Wildman–Crippen MR) is 80.3 cm³/mol. The fourth-order valence-electron chi connectivity index (χ4n) is 2.27. The van der Waals surface area contributed by atoms with E-state index in [2.05, 4.69) is 6.92 Å². The molecule has 0 aromatic heterocycles. The number of carbonyl (C=O) groups is 1. The lowest BCUT2D eigenvalue weighted by Crippen LogP contribution is -2.52. The number of nitrogens with two attached hydrogens (primary N) is 1. The smallest absolute Gasteiger partial charge is 0.305 e. The summed E-state index contributed by atoms with van der Waals surface area (Å²) in [7, 11) is 0. The lowest BCUT2D eigenvalue weighted by molar-refractivity contribution is -0.143. The van der Waals surface area contributed by atoms with Crippen molar-refractivity contribution in [3.63, 3.8) is 0 Å². The summed E-state index contributed by atoms with van der Waals surface area (Å²) in [5.41, 5.74) is 5.13. The normalized spacial score (nSPS) is 14.4. The zero-order chi connectivity index (χ0) is 16.4. The van der Waals surface area contributed by atoms with Crippen LogP contribution in [-0.4, -0.2) is 17.0 Å². The molecule has 3 N–H and O–H groups in total. The van der Waals surface area contributed by atoms with Gasteiger partial charge in [-0.3, -0.25) is 4.79 Å². The molecule has 0 bridgehead atoms. The van der Waals surface area contributed by atoms with Crippen molar-refractivity contribution in [2.24, 2.45) is 5.73 Å². The maximum Gasteiger partial charge on any atom is 0.305 e. The molecule has 2 rings (SSSR count). The Bertz CT molecular complexity index is 651. The molecule has 0 heterocycles. The van der Waals surface area contributed by atoms with Gasteiger partial charge in [-0.2, -0.15) is 0 Å². The summed E-state index contributed by atoms with van der Waals surface area (Å²) in [5.74, 6) is -5.02. The molecule has 115 valence electrons. The molecule has 2 aromatic carbocycles. The monoisotopic (exact) mass is 304 g/mol. The lowest BCUT2D eigenvalue weighted by Gasteiger charge is -2.34. The SMILES string of the molecule is [CH2]C(F)(F)C(N)(CC(=O)O)c1ccc(-c2ccccc2)cc1. The third kappa shape index (κ3) is 3.14. The van der Waals surface area contributed by atoms with Crippen LogP contribution < -0.4 is 5.73 Å². The quantitative estimate of drug-likeness (QED) is 0.889. The molecular formula is C17H16F2NO2. The predicted octanol–water partition coefficient (Wildman–Crippen LogP) is 3.45. The molecule has 0 aliphatic carbocycles. The van der Waals surface area contributed by atoms with Crippen molar-refractivity contribution in [1.82, 2.24) is 0 Å². The largest absolute Gasteiger partial charge is 0.481 e. The Morgan fingerprint density at radius 1 is 1.05 bits per heavy atom. The molecule has 0 aliphatic heterocycles. The van der Waals surface area contributed by atoms with Gasteiger partial charge in [0, 0.05) is 6.92 Å². The Morgan fingerprint density at radius 3 is 2.00 bits per heavy atom. The van der Waals surface area contributed by atoms with Crippen molar-refractivity contribution in [3.8, 4) is 11.1 Å². The maximum absolute atomic E-state index is 13.7. The second kappa shape index (κ2) is 5.85. The minimum atomic E-state index is -3.61. The van der Waals surface area contributed by atoms with Crippen LogP contribution in [0.15, 0.2) is 54.6 Å².